The second-order valence-corrected chi connectivity index (χ2v) is 9.56. The fourth-order valence-corrected chi connectivity index (χ4v) is 5.18. The fourth-order valence-electron chi connectivity index (χ4n) is 3.07. The summed E-state index contributed by atoms with van der Waals surface area (Å²) in [5, 5.41) is 8.83. The highest BCUT2D eigenvalue weighted by Gasteiger charge is 2.29. The minimum absolute atomic E-state index is 0.0336. The maximum atomic E-state index is 12.2. The van der Waals surface area contributed by atoms with Gasteiger partial charge in [-0.2, -0.15) is 0 Å². The van der Waals surface area contributed by atoms with Gasteiger partial charge in [0.05, 0.1) is 21.1 Å². The van der Waals surface area contributed by atoms with Crippen LogP contribution in [-0.4, -0.2) is 32.6 Å². The van der Waals surface area contributed by atoms with Gasteiger partial charge < -0.3 is 5.32 Å². The number of hydrogen-bond donors (Lipinski definition) is 2. The molecule has 3 N–H and O–H groups in total. The predicted octanol–water partition coefficient (Wildman–Crippen LogP) is 1.35. The predicted molar refractivity (Wildman–Crippen MR) is 96.4 cm³/mol. The summed E-state index contributed by atoms with van der Waals surface area (Å²) >= 11 is 0. The van der Waals surface area contributed by atoms with E-state index in [0.717, 1.165) is 0 Å². The first-order valence-corrected chi connectivity index (χ1v) is 10.8. The summed E-state index contributed by atoms with van der Waals surface area (Å²) in [5.74, 6) is 0.465. The van der Waals surface area contributed by atoms with Gasteiger partial charge in [0.15, 0.2) is 9.84 Å². The molecule has 0 saturated carbocycles. The number of nitrogens with two attached hydrogens (primary N) is 1. The lowest BCUT2D eigenvalue weighted by atomic mass is 10.1. The Kier molecular flexibility index (Phi) is 3.72. The van der Waals surface area contributed by atoms with Crippen LogP contribution in [0, 0.1) is 0 Å². The molecule has 3 aromatic rings. The van der Waals surface area contributed by atoms with Gasteiger partial charge in [0.25, 0.3) is 0 Å². The number of sulfone groups is 1. The zero-order valence-corrected chi connectivity index (χ0v) is 15.0. The highest BCUT2D eigenvalue weighted by Crippen LogP contribution is 2.35. The van der Waals surface area contributed by atoms with Gasteiger partial charge in [-0.3, -0.25) is 0 Å². The summed E-state index contributed by atoms with van der Waals surface area (Å²) in [6, 6.07) is 9.22. The van der Waals surface area contributed by atoms with Crippen molar-refractivity contribution >= 4 is 42.3 Å². The molecule has 4 rings (SSSR count). The minimum Gasteiger partial charge on any atom is -0.340 e. The largest absolute Gasteiger partial charge is 0.340 e. The number of nitrogens with one attached hydrogen (secondary N) is 1. The van der Waals surface area contributed by atoms with Gasteiger partial charge in [-0.05, 0) is 42.3 Å². The van der Waals surface area contributed by atoms with E-state index in [4.69, 9.17) is 5.14 Å². The van der Waals surface area contributed by atoms with Gasteiger partial charge in [0.1, 0.15) is 12.1 Å². The number of aryl methyl sites for hydroxylation is 1. The Morgan fingerprint density at radius 1 is 1.12 bits per heavy atom. The van der Waals surface area contributed by atoms with Gasteiger partial charge in [0, 0.05) is 11.1 Å². The monoisotopic (exact) mass is 390 g/mol. The van der Waals surface area contributed by atoms with Crippen molar-refractivity contribution in [2.24, 2.45) is 5.14 Å². The number of aromatic nitrogens is 2. The van der Waals surface area contributed by atoms with Gasteiger partial charge in [-0.1, -0.05) is 6.07 Å². The molecule has 8 nitrogen and oxygen atoms in total. The molecule has 1 aromatic heterocycles. The molecule has 0 bridgehead atoms. The van der Waals surface area contributed by atoms with Gasteiger partial charge in [-0.15, -0.1) is 0 Å². The van der Waals surface area contributed by atoms with Crippen molar-refractivity contribution in [2.75, 3.05) is 11.1 Å². The summed E-state index contributed by atoms with van der Waals surface area (Å²) in [6.45, 7) is 0. The number of anilines is 2. The third-order valence-corrected chi connectivity index (χ3v) is 6.95. The highest BCUT2D eigenvalue weighted by molar-refractivity contribution is 7.91. The van der Waals surface area contributed by atoms with Crippen molar-refractivity contribution in [1.29, 1.82) is 0 Å². The van der Waals surface area contributed by atoms with E-state index in [2.05, 4.69) is 15.3 Å². The minimum atomic E-state index is -3.84. The SMILES string of the molecule is NS(=O)(=O)c1cccc(Nc2ncnc3ccc4c(c23)CCS4(=O)=O)c1. The molecule has 0 spiro atoms. The molecule has 26 heavy (non-hydrogen) atoms. The van der Waals surface area contributed by atoms with Crippen LogP contribution in [0.1, 0.15) is 5.56 Å². The Morgan fingerprint density at radius 2 is 1.92 bits per heavy atom. The maximum absolute atomic E-state index is 12.2. The zero-order valence-electron chi connectivity index (χ0n) is 13.4. The van der Waals surface area contributed by atoms with Crippen molar-refractivity contribution in [3.05, 3.63) is 48.3 Å². The Bertz CT molecular complexity index is 1250. The zero-order chi connectivity index (χ0) is 18.5. The molecule has 10 heteroatoms. The molecule has 0 fully saturated rings. The van der Waals surface area contributed by atoms with Crippen molar-refractivity contribution < 1.29 is 16.8 Å². The van der Waals surface area contributed by atoms with Crippen LogP contribution in [-0.2, 0) is 26.3 Å². The molecular formula is C16H14N4O4S2. The summed E-state index contributed by atoms with van der Waals surface area (Å²) in [5.41, 5.74) is 1.75. The topological polar surface area (TPSA) is 132 Å². The molecule has 1 aliphatic heterocycles. The third-order valence-electron chi connectivity index (χ3n) is 4.25. The van der Waals surface area contributed by atoms with E-state index in [9.17, 15) is 16.8 Å². The van der Waals surface area contributed by atoms with E-state index < -0.39 is 19.9 Å². The lowest BCUT2D eigenvalue weighted by Crippen LogP contribution is -2.12. The summed E-state index contributed by atoms with van der Waals surface area (Å²) < 4.78 is 47.4. The number of benzene rings is 2. The average Bonchev–Trinajstić information content (AvgIpc) is 2.90. The van der Waals surface area contributed by atoms with Crippen LogP contribution in [0.25, 0.3) is 10.9 Å². The average molecular weight is 390 g/mol. The molecule has 1 aliphatic rings. The van der Waals surface area contributed by atoms with Crippen molar-refractivity contribution in [1.82, 2.24) is 9.97 Å². The van der Waals surface area contributed by atoms with Gasteiger partial charge in [-0.25, -0.2) is 31.9 Å². The Balaban J connectivity index is 1.87. The van der Waals surface area contributed by atoms with Crippen LogP contribution in [0.15, 0.2) is 52.5 Å². The Hall–Kier alpha value is -2.56. The van der Waals surface area contributed by atoms with Gasteiger partial charge in [0.2, 0.25) is 10.0 Å². The lowest BCUT2D eigenvalue weighted by molar-refractivity contribution is 0.597. The van der Waals surface area contributed by atoms with Crippen LogP contribution in [0.2, 0.25) is 0 Å². The highest BCUT2D eigenvalue weighted by atomic mass is 32.2. The fraction of sp³-hybridized carbons (Fsp3) is 0.125. The molecule has 2 heterocycles. The molecule has 0 aliphatic carbocycles. The second-order valence-electron chi connectivity index (χ2n) is 5.93. The van der Waals surface area contributed by atoms with Crippen molar-refractivity contribution in [2.45, 2.75) is 16.2 Å². The Labute approximate surface area is 150 Å². The number of rotatable bonds is 3. The standard InChI is InChI=1S/C16H14N4O4S2/c17-26(23,24)11-3-1-2-10(8-11)20-16-15-12-6-7-25(21,22)14(12)5-4-13(15)18-9-19-16/h1-5,8-9H,6-7H2,(H2,17,23,24)(H,18,19,20). The molecule has 0 saturated heterocycles. The number of nitrogens with zero attached hydrogens (tertiary/aromatic N) is 2. The van der Waals surface area contributed by atoms with Crippen LogP contribution in [0.4, 0.5) is 11.5 Å². The number of fused-ring (bicyclic) bond motifs is 3. The summed E-state index contributed by atoms with van der Waals surface area (Å²) in [7, 11) is -7.13. The first-order chi connectivity index (χ1) is 12.3. The summed E-state index contributed by atoms with van der Waals surface area (Å²) in [6.07, 6.45) is 1.75. The van der Waals surface area contributed by atoms with E-state index in [1.54, 1.807) is 24.3 Å². The van der Waals surface area contributed by atoms with Crippen molar-refractivity contribution in [3.63, 3.8) is 0 Å². The molecule has 0 radical (unpaired) electrons. The number of hydrogen-bond acceptors (Lipinski definition) is 7. The molecule has 0 unspecified atom stereocenters. The van der Waals surface area contributed by atoms with E-state index in [1.165, 1.54) is 18.5 Å². The number of primary sulfonamides is 1. The van der Waals surface area contributed by atoms with E-state index in [1.807, 2.05) is 0 Å². The summed E-state index contributed by atoms with van der Waals surface area (Å²) in [4.78, 5) is 8.68. The normalized spacial score (nSPS) is 15.7. The van der Waals surface area contributed by atoms with Crippen molar-refractivity contribution in [3.8, 4) is 0 Å². The number of sulfonamides is 1. The maximum Gasteiger partial charge on any atom is 0.238 e. The smallest absolute Gasteiger partial charge is 0.238 e. The molecule has 0 atom stereocenters. The van der Waals surface area contributed by atoms with Crippen LogP contribution >= 0.6 is 0 Å². The van der Waals surface area contributed by atoms with E-state index >= 15 is 0 Å². The lowest BCUT2D eigenvalue weighted by Gasteiger charge is -2.11. The quantitative estimate of drug-likeness (QED) is 0.690. The van der Waals surface area contributed by atoms with Crippen LogP contribution in [0.5, 0.6) is 0 Å². The van der Waals surface area contributed by atoms with Crippen LogP contribution < -0.4 is 10.5 Å². The molecular weight excluding hydrogens is 376 g/mol. The van der Waals surface area contributed by atoms with E-state index in [-0.39, 0.29) is 10.6 Å². The third kappa shape index (κ3) is 2.81. The molecule has 2 aromatic carbocycles. The second kappa shape index (κ2) is 5.73. The van der Waals surface area contributed by atoms with Gasteiger partial charge >= 0.3 is 0 Å². The Morgan fingerprint density at radius 3 is 2.69 bits per heavy atom. The molecule has 0 amide bonds. The molecule has 134 valence electrons. The first-order valence-electron chi connectivity index (χ1n) is 7.65. The first kappa shape index (κ1) is 16.9. The van der Waals surface area contributed by atoms with Crippen LogP contribution in [0.3, 0.4) is 0 Å². The van der Waals surface area contributed by atoms with E-state index in [0.29, 0.717) is 39.3 Å².